The molecule has 0 bridgehead atoms. The van der Waals surface area contributed by atoms with E-state index in [1.165, 1.54) is 30.3 Å². The Morgan fingerprint density at radius 1 is 1.09 bits per heavy atom. The second-order valence-corrected chi connectivity index (χ2v) is 15.4. The fourth-order valence-electron chi connectivity index (χ4n) is 8.43. The lowest BCUT2D eigenvalue weighted by Crippen LogP contribution is -2.58. The van der Waals surface area contributed by atoms with Gasteiger partial charge in [0.2, 0.25) is 5.91 Å². The molecule has 3 aromatic heterocycles. The highest BCUT2D eigenvalue weighted by Gasteiger charge is 2.52. The number of rotatable bonds is 12. The first-order valence-electron chi connectivity index (χ1n) is 18.7. The molecule has 8 unspecified atom stereocenters. The number of nitrogens with one attached hydrogen (secondary N) is 2. The number of nitrogens with zero attached hydrogens (tertiary/aromatic N) is 1. The van der Waals surface area contributed by atoms with Crippen molar-refractivity contribution < 1.29 is 54.4 Å². The molecule has 15 heteroatoms. The van der Waals surface area contributed by atoms with Crippen LogP contribution in [0.15, 0.2) is 82.4 Å². The molecular weight excluding hydrogens is 726 g/mol. The van der Waals surface area contributed by atoms with Crippen LogP contribution in [0.5, 0.6) is 11.5 Å². The predicted octanol–water partition coefficient (Wildman–Crippen LogP) is 2.22. The Bertz CT molecular complexity index is 2300. The number of H-pyrrole nitrogens is 1. The normalized spacial score (nSPS) is 24.8. The molecule has 1 fully saturated rings. The molecule has 1 saturated heterocycles. The number of aliphatic hydroxyl groups is 5. The summed E-state index contributed by atoms with van der Waals surface area (Å²) in [4.78, 5) is 41.1. The Kier molecular flexibility index (Phi) is 10.0. The highest BCUT2D eigenvalue weighted by molar-refractivity contribution is 5.91. The number of carbonyl (C=O) groups excluding carboxylic acids is 1. The summed E-state index contributed by atoms with van der Waals surface area (Å²) < 4.78 is 15.3. The molecule has 8 rings (SSSR count). The third kappa shape index (κ3) is 7.00. The molecule has 15 nitrogen and oxygen atoms in total. The average Bonchev–Trinajstić information content (AvgIpc) is 3.92. The van der Waals surface area contributed by atoms with Gasteiger partial charge in [-0.05, 0) is 55.0 Å². The van der Waals surface area contributed by atoms with Crippen molar-refractivity contribution in [1.29, 1.82) is 0 Å². The predicted molar refractivity (Wildman–Crippen MR) is 201 cm³/mol. The molecule has 8 atom stereocenters. The number of aromatic hydroxyl groups is 1. The van der Waals surface area contributed by atoms with E-state index in [9.17, 15) is 40.2 Å². The Morgan fingerprint density at radius 3 is 2.62 bits per heavy atom. The summed E-state index contributed by atoms with van der Waals surface area (Å²) in [5, 5.41) is 67.4. The van der Waals surface area contributed by atoms with Gasteiger partial charge in [0.15, 0.2) is 16.8 Å². The van der Waals surface area contributed by atoms with Gasteiger partial charge in [-0.2, -0.15) is 0 Å². The van der Waals surface area contributed by atoms with E-state index in [0.29, 0.717) is 65.1 Å². The molecule has 5 aromatic rings. The van der Waals surface area contributed by atoms with Gasteiger partial charge in [-0.3, -0.25) is 9.59 Å². The first kappa shape index (κ1) is 37.9. The van der Waals surface area contributed by atoms with Gasteiger partial charge < -0.3 is 54.7 Å². The quantitative estimate of drug-likeness (QED) is 0.0519. The summed E-state index contributed by atoms with van der Waals surface area (Å²) in [6, 6.07) is 10.9. The van der Waals surface area contributed by atoms with Crippen molar-refractivity contribution >= 4 is 27.8 Å². The van der Waals surface area contributed by atoms with Crippen molar-refractivity contribution in [1.82, 2.24) is 14.9 Å². The molecule has 1 amide bonds. The number of aromatic nitrogens is 2. The zero-order valence-electron chi connectivity index (χ0n) is 30.6. The highest BCUT2D eigenvalue weighted by Crippen LogP contribution is 2.49. The summed E-state index contributed by atoms with van der Waals surface area (Å²) in [6.07, 6.45) is 4.15. The molecule has 1 spiro atoms. The van der Waals surface area contributed by atoms with Gasteiger partial charge >= 0.3 is 0 Å². The summed E-state index contributed by atoms with van der Waals surface area (Å²) in [5.74, 6) is 0.767. The standard InChI is InChI=1S/C41H45N3O12/c1-22-11-31(47)29-12-26-13-33(56-53-21-40(52,39(51)36(50)32(48)20-45)15-23-4-6-28(46)7-5-23)41(9-2-3-24(16-41)27-14-34(49)43-17-27)55-37(26)35(38(29)54-22)44-18-25-8-10-42-30(25)19-44/h2-8,10-12,18-19,24,27,32-33,36,39,42,45-46,48,50-52H,9,13-17,20-21H2,1H3,(H,43,49). The molecule has 5 heterocycles. The summed E-state index contributed by atoms with van der Waals surface area (Å²) in [7, 11) is 0. The summed E-state index contributed by atoms with van der Waals surface area (Å²) in [5.41, 5.74) is -0.769. The van der Waals surface area contributed by atoms with Crippen LogP contribution in [0.1, 0.15) is 36.1 Å². The second-order valence-electron chi connectivity index (χ2n) is 15.4. The maximum atomic E-state index is 13.5. The zero-order valence-corrected chi connectivity index (χ0v) is 30.6. The molecule has 296 valence electrons. The van der Waals surface area contributed by atoms with Crippen molar-refractivity contribution in [3.63, 3.8) is 0 Å². The van der Waals surface area contributed by atoms with Crippen molar-refractivity contribution in [3.8, 4) is 17.2 Å². The number of benzene rings is 2. The molecule has 8 N–H and O–H groups in total. The van der Waals surface area contributed by atoms with Crippen molar-refractivity contribution in [2.45, 2.75) is 74.6 Å². The fraction of sp³-hybridized carbons (Fsp3) is 0.415. The van der Waals surface area contributed by atoms with Crippen molar-refractivity contribution in [2.75, 3.05) is 19.8 Å². The number of carbonyl (C=O) groups is 1. The van der Waals surface area contributed by atoms with Gasteiger partial charge in [-0.1, -0.05) is 24.3 Å². The highest BCUT2D eigenvalue weighted by atomic mass is 17.2. The van der Waals surface area contributed by atoms with E-state index in [1.807, 2.05) is 35.3 Å². The molecule has 0 radical (unpaired) electrons. The molecule has 2 aromatic carbocycles. The Hall–Kier alpha value is -5.00. The van der Waals surface area contributed by atoms with E-state index in [1.54, 1.807) is 13.0 Å². The minimum Gasteiger partial charge on any atom is -0.508 e. The van der Waals surface area contributed by atoms with Crippen molar-refractivity contribution in [2.24, 2.45) is 11.8 Å². The zero-order chi connectivity index (χ0) is 39.4. The number of aromatic amines is 1. The van der Waals surface area contributed by atoms with Gasteiger partial charge in [0.05, 0.1) is 17.5 Å². The maximum absolute atomic E-state index is 13.5. The lowest BCUT2D eigenvalue weighted by atomic mass is 9.71. The van der Waals surface area contributed by atoms with Crippen LogP contribution in [-0.2, 0) is 27.4 Å². The van der Waals surface area contributed by atoms with Gasteiger partial charge in [0.25, 0.3) is 0 Å². The molecule has 3 aliphatic rings. The average molecular weight is 772 g/mol. The smallest absolute Gasteiger partial charge is 0.220 e. The van der Waals surface area contributed by atoms with E-state index in [-0.39, 0.29) is 41.8 Å². The Morgan fingerprint density at radius 2 is 1.89 bits per heavy atom. The molecule has 2 aliphatic heterocycles. The van der Waals surface area contributed by atoms with Crippen molar-refractivity contribution in [3.05, 3.63) is 100 Å². The first-order chi connectivity index (χ1) is 26.9. The molecular formula is C41H45N3O12. The van der Waals surface area contributed by atoms with Crippen LogP contribution in [0.2, 0.25) is 0 Å². The van der Waals surface area contributed by atoms with Gasteiger partial charge in [0.1, 0.15) is 59.4 Å². The van der Waals surface area contributed by atoms with E-state index < -0.39 is 48.8 Å². The van der Waals surface area contributed by atoms with E-state index in [4.69, 9.17) is 18.9 Å². The largest absolute Gasteiger partial charge is 0.508 e. The van der Waals surface area contributed by atoms with Gasteiger partial charge in [-0.25, -0.2) is 9.78 Å². The lowest BCUT2D eigenvalue weighted by molar-refractivity contribution is -0.373. The number of amides is 1. The maximum Gasteiger partial charge on any atom is 0.220 e. The summed E-state index contributed by atoms with van der Waals surface area (Å²) in [6.45, 7) is 0.633. The monoisotopic (exact) mass is 771 g/mol. The first-order valence-corrected chi connectivity index (χ1v) is 18.7. The van der Waals surface area contributed by atoms with Crippen LogP contribution >= 0.6 is 0 Å². The van der Waals surface area contributed by atoms with Crippen LogP contribution in [0.4, 0.5) is 0 Å². The van der Waals surface area contributed by atoms with Crippen LogP contribution < -0.4 is 15.5 Å². The molecule has 56 heavy (non-hydrogen) atoms. The van der Waals surface area contributed by atoms with Crippen LogP contribution in [0.25, 0.3) is 27.6 Å². The Balaban J connectivity index is 1.18. The minimum absolute atomic E-state index is 0.00509. The van der Waals surface area contributed by atoms with Gasteiger partial charge in [0, 0.05) is 67.8 Å². The SMILES string of the molecule is Cc1cc(=O)c2cc3c(c(-n4cc5cc[nH]c5c4)c2o1)OC1(CC=CC(C2CNC(=O)C2)C1)C(OOCC(O)(Cc1ccc(O)cc1)C(O)C(O)C(O)CO)C3. The number of phenolic OH excluding ortho intramolecular Hbond substituents is 1. The summed E-state index contributed by atoms with van der Waals surface area (Å²) >= 11 is 0. The fourth-order valence-corrected chi connectivity index (χ4v) is 8.43. The minimum atomic E-state index is -2.27. The van der Waals surface area contributed by atoms with E-state index >= 15 is 0 Å². The van der Waals surface area contributed by atoms with E-state index in [0.717, 1.165) is 10.9 Å². The van der Waals surface area contributed by atoms with E-state index in [2.05, 4.69) is 16.4 Å². The number of aliphatic hydroxyl groups excluding tert-OH is 4. The number of allylic oxidation sites excluding steroid dienone is 1. The van der Waals surface area contributed by atoms with Crippen LogP contribution in [-0.4, -0.2) is 101 Å². The third-order valence-corrected chi connectivity index (χ3v) is 11.5. The lowest BCUT2D eigenvalue weighted by Gasteiger charge is -2.47. The number of fused-ring (bicyclic) bond motifs is 3. The third-order valence-electron chi connectivity index (χ3n) is 11.5. The Labute approximate surface area is 320 Å². The number of aryl methyl sites for hydroxylation is 1. The number of hydrogen-bond donors (Lipinski definition) is 8. The van der Waals surface area contributed by atoms with Crippen LogP contribution in [0.3, 0.4) is 0 Å². The second kappa shape index (κ2) is 14.8. The molecule has 1 aliphatic carbocycles. The topological polar surface area (TPSA) is 229 Å². The number of phenols is 1. The van der Waals surface area contributed by atoms with Crippen LogP contribution in [0, 0.1) is 18.8 Å². The number of ether oxygens (including phenoxy) is 1. The van der Waals surface area contributed by atoms with Gasteiger partial charge in [-0.15, -0.1) is 0 Å². The number of hydrogen-bond acceptors (Lipinski definition) is 12. The molecule has 0 saturated carbocycles.